The third-order valence-electron chi connectivity index (χ3n) is 1.09. The predicted octanol–water partition coefficient (Wildman–Crippen LogP) is 0.586. The lowest BCUT2D eigenvalue weighted by Crippen LogP contribution is -2.43. The van der Waals surface area contributed by atoms with E-state index >= 15 is 0 Å². The van der Waals surface area contributed by atoms with Gasteiger partial charge in [0.1, 0.15) is 0 Å². The lowest BCUT2D eigenvalue weighted by Gasteiger charge is -2.22. The monoisotopic (exact) mass is 151 g/mol. The summed E-state index contributed by atoms with van der Waals surface area (Å²) in [5, 5.41) is 11.8. The summed E-state index contributed by atoms with van der Waals surface area (Å²) in [5.41, 5.74) is -0.186. The Bertz CT molecular complexity index is 75.5. The van der Waals surface area contributed by atoms with E-state index in [4.69, 9.17) is 16.7 Å². The van der Waals surface area contributed by atoms with Gasteiger partial charge in [0.2, 0.25) is 0 Å². The first-order valence-corrected chi connectivity index (χ1v) is 3.58. The molecule has 0 saturated carbocycles. The van der Waals surface area contributed by atoms with Gasteiger partial charge in [0.05, 0.1) is 6.61 Å². The molecule has 0 bridgehead atoms. The third kappa shape index (κ3) is 4.70. The largest absolute Gasteiger partial charge is 0.394 e. The van der Waals surface area contributed by atoms with Crippen molar-refractivity contribution in [3.8, 4) is 0 Å². The maximum Gasteiger partial charge on any atom is 0.0607 e. The lowest BCUT2D eigenvalue weighted by atomic mass is 10.1. The second-order valence-corrected chi connectivity index (χ2v) is 3.04. The minimum absolute atomic E-state index is 0.143. The van der Waals surface area contributed by atoms with Crippen LogP contribution in [0.2, 0.25) is 0 Å². The fourth-order valence-corrected chi connectivity index (χ4v) is 0.536. The number of alkyl halides is 1. The van der Waals surface area contributed by atoms with Gasteiger partial charge in [-0.25, -0.2) is 0 Å². The Hall–Kier alpha value is 0.210. The molecule has 0 radical (unpaired) electrons. The van der Waals surface area contributed by atoms with Gasteiger partial charge in [-0.2, -0.15) is 0 Å². The fraction of sp³-hybridized carbons (Fsp3) is 1.00. The molecular formula is C6H14ClNO. The second-order valence-electron chi connectivity index (χ2n) is 2.66. The summed E-state index contributed by atoms with van der Waals surface area (Å²) in [5.74, 6) is 0.587. The highest BCUT2D eigenvalue weighted by molar-refractivity contribution is 6.18. The van der Waals surface area contributed by atoms with Crippen LogP contribution in [-0.2, 0) is 0 Å². The minimum atomic E-state index is -0.186. The molecule has 0 aromatic carbocycles. The van der Waals surface area contributed by atoms with Crippen LogP contribution in [0.25, 0.3) is 0 Å². The Morgan fingerprint density at radius 2 is 2.11 bits per heavy atom. The van der Waals surface area contributed by atoms with Crippen molar-refractivity contribution in [2.75, 3.05) is 19.0 Å². The maximum absolute atomic E-state index is 8.72. The van der Waals surface area contributed by atoms with Gasteiger partial charge in [-0.1, -0.05) is 0 Å². The van der Waals surface area contributed by atoms with Gasteiger partial charge in [-0.3, -0.25) is 0 Å². The third-order valence-corrected chi connectivity index (χ3v) is 1.28. The highest BCUT2D eigenvalue weighted by Crippen LogP contribution is 1.97. The Morgan fingerprint density at radius 1 is 1.56 bits per heavy atom. The molecule has 2 N–H and O–H groups in total. The average molecular weight is 152 g/mol. The van der Waals surface area contributed by atoms with Crippen molar-refractivity contribution >= 4 is 11.6 Å². The van der Waals surface area contributed by atoms with Crippen molar-refractivity contribution in [1.82, 2.24) is 5.32 Å². The molecule has 0 rings (SSSR count). The van der Waals surface area contributed by atoms with E-state index < -0.39 is 0 Å². The van der Waals surface area contributed by atoms with Crippen molar-refractivity contribution in [3.63, 3.8) is 0 Å². The summed E-state index contributed by atoms with van der Waals surface area (Å²) in [6.07, 6.45) is 0. The molecule has 2 nitrogen and oxygen atoms in total. The van der Waals surface area contributed by atoms with Crippen LogP contribution in [0.3, 0.4) is 0 Å². The van der Waals surface area contributed by atoms with Crippen molar-refractivity contribution in [3.05, 3.63) is 0 Å². The van der Waals surface area contributed by atoms with E-state index in [1.54, 1.807) is 0 Å². The summed E-state index contributed by atoms with van der Waals surface area (Å²) < 4.78 is 0. The van der Waals surface area contributed by atoms with Gasteiger partial charge in [0.25, 0.3) is 0 Å². The van der Waals surface area contributed by atoms with E-state index in [-0.39, 0.29) is 12.1 Å². The zero-order valence-electron chi connectivity index (χ0n) is 5.95. The maximum atomic E-state index is 8.72. The van der Waals surface area contributed by atoms with Gasteiger partial charge in [-0.05, 0) is 13.8 Å². The van der Waals surface area contributed by atoms with E-state index in [1.807, 2.05) is 13.8 Å². The van der Waals surface area contributed by atoms with Gasteiger partial charge >= 0.3 is 0 Å². The lowest BCUT2D eigenvalue weighted by molar-refractivity contribution is 0.191. The first kappa shape index (κ1) is 9.21. The smallest absolute Gasteiger partial charge is 0.0607 e. The Balaban J connectivity index is 3.33. The van der Waals surface area contributed by atoms with Crippen LogP contribution in [0.15, 0.2) is 0 Å². The fourth-order valence-electron chi connectivity index (χ4n) is 0.442. The van der Waals surface area contributed by atoms with Crippen LogP contribution in [0, 0.1) is 0 Å². The van der Waals surface area contributed by atoms with Crippen LogP contribution >= 0.6 is 11.6 Å². The number of halogens is 1. The molecule has 0 atom stereocenters. The molecule has 0 heterocycles. The number of hydrogen-bond acceptors (Lipinski definition) is 2. The number of aliphatic hydroxyl groups is 1. The Kier molecular flexibility index (Phi) is 4.19. The zero-order chi connectivity index (χ0) is 7.33. The topological polar surface area (TPSA) is 32.3 Å². The molecule has 0 fully saturated rings. The highest BCUT2D eigenvalue weighted by Gasteiger charge is 2.13. The van der Waals surface area contributed by atoms with Crippen molar-refractivity contribution in [2.24, 2.45) is 0 Å². The number of aliphatic hydroxyl groups excluding tert-OH is 1. The summed E-state index contributed by atoms with van der Waals surface area (Å²) in [4.78, 5) is 0. The molecule has 9 heavy (non-hydrogen) atoms. The molecule has 0 aromatic heterocycles. The molecule has 0 unspecified atom stereocenters. The molecular weight excluding hydrogens is 138 g/mol. The molecule has 0 aliphatic carbocycles. The van der Waals surface area contributed by atoms with Crippen LogP contribution < -0.4 is 5.32 Å². The molecule has 0 aromatic rings. The van der Waals surface area contributed by atoms with E-state index in [0.29, 0.717) is 5.88 Å². The van der Waals surface area contributed by atoms with Gasteiger partial charge in [0, 0.05) is 18.0 Å². The van der Waals surface area contributed by atoms with E-state index in [2.05, 4.69) is 5.32 Å². The SMILES string of the molecule is CC(C)(CO)NCCCl. The number of hydrogen-bond donors (Lipinski definition) is 2. The van der Waals surface area contributed by atoms with Crippen molar-refractivity contribution in [1.29, 1.82) is 0 Å². The molecule has 0 spiro atoms. The van der Waals surface area contributed by atoms with Crippen LogP contribution in [0.5, 0.6) is 0 Å². The molecule has 56 valence electrons. The summed E-state index contributed by atoms with van der Waals surface area (Å²) in [6, 6.07) is 0. The summed E-state index contributed by atoms with van der Waals surface area (Å²) >= 11 is 5.42. The average Bonchev–Trinajstić information content (AvgIpc) is 1.84. The first-order chi connectivity index (χ1) is 4.12. The molecule has 3 heteroatoms. The standard InChI is InChI=1S/C6H14ClNO/c1-6(2,5-9)8-4-3-7/h8-9H,3-5H2,1-2H3. The Labute approximate surface area is 61.2 Å². The first-order valence-electron chi connectivity index (χ1n) is 3.04. The van der Waals surface area contributed by atoms with Crippen molar-refractivity contribution < 1.29 is 5.11 Å². The molecule has 0 amide bonds. The van der Waals surface area contributed by atoms with Crippen LogP contribution in [0.4, 0.5) is 0 Å². The molecule has 0 aliphatic heterocycles. The highest BCUT2D eigenvalue weighted by atomic mass is 35.5. The summed E-state index contributed by atoms with van der Waals surface area (Å²) in [6.45, 7) is 4.75. The normalized spacial score (nSPS) is 12.0. The quantitative estimate of drug-likeness (QED) is 0.577. The van der Waals surface area contributed by atoms with Gasteiger partial charge in [-0.15, -0.1) is 11.6 Å². The molecule has 0 aliphatic rings. The van der Waals surface area contributed by atoms with Crippen molar-refractivity contribution in [2.45, 2.75) is 19.4 Å². The molecule has 0 saturated heterocycles. The number of nitrogens with one attached hydrogen (secondary N) is 1. The van der Waals surface area contributed by atoms with Gasteiger partial charge in [0.15, 0.2) is 0 Å². The van der Waals surface area contributed by atoms with E-state index in [1.165, 1.54) is 0 Å². The van der Waals surface area contributed by atoms with E-state index in [9.17, 15) is 0 Å². The van der Waals surface area contributed by atoms with Gasteiger partial charge < -0.3 is 10.4 Å². The predicted molar refractivity (Wildman–Crippen MR) is 39.9 cm³/mol. The Morgan fingerprint density at radius 3 is 2.44 bits per heavy atom. The van der Waals surface area contributed by atoms with Crippen LogP contribution in [-0.4, -0.2) is 29.7 Å². The second kappa shape index (κ2) is 4.09. The zero-order valence-corrected chi connectivity index (χ0v) is 6.70. The number of rotatable bonds is 4. The van der Waals surface area contributed by atoms with E-state index in [0.717, 1.165) is 6.54 Å². The summed E-state index contributed by atoms with van der Waals surface area (Å²) in [7, 11) is 0. The minimum Gasteiger partial charge on any atom is -0.394 e. The van der Waals surface area contributed by atoms with Crippen LogP contribution in [0.1, 0.15) is 13.8 Å².